The summed E-state index contributed by atoms with van der Waals surface area (Å²) >= 11 is 1.15. The second kappa shape index (κ2) is 5.43. The van der Waals surface area contributed by atoms with Crippen molar-refractivity contribution in [1.29, 1.82) is 0 Å². The summed E-state index contributed by atoms with van der Waals surface area (Å²) in [6.07, 6.45) is 0.853. The van der Waals surface area contributed by atoms with Crippen molar-refractivity contribution in [3.63, 3.8) is 0 Å². The van der Waals surface area contributed by atoms with Crippen molar-refractivity contribution in [1.82, 2.24) is 24.5 Å². The fraction of sp³-hybridized carbons (Fsp3) is 0.455. The Hall–Kier alpha value is -1.83. The molecule has 0 atom stereocenters. The molecule has 0 saturated carbocycles. The standard InChI is InChI=1S/C11H15N5O2S/c1-4-7-5-8(16(3)14-7)10-12-13-11(15(10)2)19-6-9(17)18/h5H,4,6H2,1-3H3,(H,17,18). The number of carbonyl (C=O) groups is 1. The van der Waals surface area contributed by atoms with Crippen LogP contribution in [0.3, 0.4) is 0 Å². The number of hydrogen-bond acceptors (Lipinski definition) is 5. The van der Waals surface area contributed by atoms with Crippen LogP contribution in [0.1, 0.15) is 12.6 Å². The Labute approximate surface area is 114 Å². The molecular formula is C11H15N5O2S. The van der Waals surface area contributed by atoms with Crippen LogP contribution in [-0.2, 0) is 25.3 Å². The van der Waals surface area contributed by atoms with E-state index in [9.17, 15) is 4.79 Å². The molecule has 0 aliphatic rings. The van der Waals surface area contributed by atoms with E-state index in [4.69, 9.17) is 5.11 Å². The first-order valence-corrected chi connectivity index (χ1v) is 6.78. The van der Waals surface area contributed by atoms with E-state index in [2.05, 4.69) is 15.3 Å². The number of carboxylic acids is 1. The van der Waals surface area contributed by atoms with Gasteiger partial charge in [0.25, 0.3) is 0 Å². The van der Waals surface area contributed by atoms with Crippen LogP contribution >= 0.6 is 11.8 Å². The maximum absolute atomic E-state index is 10.6. The molecule has 1 N–H and O–H groups in total. The predicted octanol–water partition coefficient (Wildman–Crippen LogP) is 0.955. The van der Waals surface area contributed by atoms with Crippen molar-refractivity contribution < 1.29 is 9.90 Å². The first kappa shape index (κ1) is 13.6. The third-order valence-electron chi connectivity index (χ3n) is 2.68. The minimum atomic E-state index is -0.872. The van der Waals surface area contributed by atoms with Gasteiger partial charge in [-0.25, -0.2) is 0 Å². The molecule has 0 fully saturated rings. The molecule has 0 saturated heterocycles. The largest absolute Gasteiger partial charge is 0.481 e. The molecule has 102 valence electrons. The quantitative estimate of drug-likeness (QED) is 0.821. The number of aryl methyl sites for hydroxylation is 2. The minimum Gasteiger partial charge on any atom is -0.481 e. The van der Waals surface area contributed by atoms with Crippen LogP contribution in [0.2, 0.25) is 0 Å². The molecule has 0 spiro atoms. The molecule has 0 aliphatic heterocycles. The molecule has 0 bridgehead atoms. The molecule has 0 radical (unpaired) electrons. The molecule has 7 nitrogen and oxygen atoms in total. The maximum atomic E-state index is 10.6. The number of aliphatic carboxylic acids is 1. The normalized spacial score (nSPS) is 10.9. The fourth-order valence-corrected chi connectivity index (χ4v) is 2.33. The zero-order valence-electron chi connectivity index (χ0n) is 11.0. The van der Waals surface area contributed by atoms with Gasteiger partial charge < -0.3 is 9.67 Å². The van der Waals surface area contributed by atoms with Gasteiger partial charge in [-0.2, -0.15) is 5.10 Å². The molecule has 0 amide bonds. The Morgan fingerprint density at radius 2 is 2.16 bits per heavy atom. The molecular weight excluding hydrogens is 266 g/mol. The molecule has 2 aromatic heterocycles. The van der Waals surface area contributed by atoms with Crippen LogP contribution in [-0.4, -0.2) is 41.4 Å². The fourth-order valence-electron chi connectivity index (χ4n) is 1.70. The topological polar surface area (TPSA) is 85.8 Å². The van der Waals surface area contributed by atoms with Crippen molar-refractivity contribution in [2.24, 2.45) is 14.1 Å². The van der Waals surface area contributed by atoms with Crippen LogP contribution < -0.4 is 0 Å². The molecule has 8 heteroatoms. The van der Waals surface area contributed by atoms with Crippen molar-refractivity contribution in [2.75, 3.05) is 5.75 Å². The van der Waals surface area contributed by atoms with Gasteiger partial charge in [0.05, 0.1) is 11.4 Å². The van der Waals surface area contributed by atoms with Crippen molar-refractivity contribution in [3.05, 3.63) is 11.8 Å². The summed E-state index contributed by atoms with van der Waals surface area (Å²) in [6, 6.07) is 1.97. The van der Waals surface area contributed by atoms with Gasteiger partial charge in [-0.05, 0) is 12.5 Å². The summed E-state index contributed by atoms with van der Waals surface area (Å²) in [5.74, 6) is -0.219. The number of rotatable bonds is 5. The SMILES string of the molecule is CCc1cc(-c2nnc(SCC(=O)O)n2C)n(C)n1. The molecule has 2 rings (SSSR count). The third-order valence-corrected chi connectivity index (χ3v) is 3.69. The van der Waals surface area contributed by atoms with Crippen LogP contribution in [0.4, 0.5) is 0 Å². The van der Waals surface area contributed by atoms with Gasteiger partial charge in [0.15, 0.2) is 11.0 Å². The van der Waals surface area contributed by atoms with E-state index in [0.717, 1.165) is 29.6 Å². The zero-order valence-corrected chi connectivity index (χ0v) is 11.8. The van der Waals surface area contributed by atoms with Gasteiger partial charge in [-0.3, -0.25) is 9.48 Å². The smallest absolute Gasteiger partial charge is 0.313 e. The summed E-state index contributed by atoms with van der Waals surface area (Å²) in [4.78, 5) is 10.6. The third kappa shape index (κ3) is 2.78. The molecule has 0 aromatic carbocycles. The Morgan fingerprint density at radius 3 is 2.74 bits per heavy atom. The molecule has 0 aliphatic carbocycles. The summed E-state index contributed by atoms with van der Waals surface area (Å²) in [7, 11) is 3.67. The lowest BCUT2D eigenvalue weighted by molar-refractivity contribution is -0.133. The van der Waals surface area contributed by atoms with Gasteiger partial charge in [0.2, 0.25) is 0 Å². The first-order chi connectivity index (χ1) is 9.02. The lowest BCUT2D eigenvalue weighted by atomic mass is 10.3. The Kier molecular flexibility index (Phi) is 3.89. The Morgan fingerprint density at radius 1 is 1.42 bits per heavy atom. The number of thioether (sulfide) groups is 1. The number of carboxylic acid groups (broad SMARTS) is 1. The predicted molar refractivity (Wildman–Crippen MR) is 70.9 cm³/mol. The maximum Gasteiger partial charge on any atom is 0.313 e. The highest BCUT2D eigenvalue weighted by molar-refractivity contribution is 7.99. The molecule has 0 unspecified atom stereocenters. The van der Waals surface area contributed by atoms with Gasteiger partial charge >= 0.3 is 5.97 Å². The highest BCUT2D eigenvalue weighted by Crippen LogP contribution is 2.22. The highest BCUT2D eigenvalue weighted by Gasteiger charge is 2.16. The van der Waals surface area contributed by atoms with Crippen LogP contribution in [0.5, 0.6) is 0 Å². The average molecular weight is 281 g/mol. The van der Waals surface area contributed by atoms with Gasteiger partial charge in [0, 0.05) is 14.1 Å². The van der Waals surface area contributed by atoms with E-state index in [1.54, 1.807) is 9.25 Å². The minimum absolute atomic E-state index is 0.0302. The second-order valence-electron chi connectivity index (χ2n) is 4.05. The van der Waals surface area contributed by atoms with Crippen LogP contribution in [0, 0.1) is 0 Å². The van der Waals surface area contributed by atoms with E-state index < -0.39 is 5.97 Å². The lowest BCUT2D eigenvalue weighted by Crippen LogP contribution is -2.02. The van der Waals surface area contributed by atoms with E-state index in [0.29, 0.717) is 11.0 Å². The average Bonchev–Trinajstić information content (AvgIpc) is 2.90. The van der Waals surface area contributed by atoms with Crippen molar-refractivity contribution in [3.8, 4) is 11.5 Å². The monoisotopic (exact) mass is 281 g/mol. The van der Waals surface area contributed by atoms with Gasteiger partial charge in [0.1, 0.15) is 5.69 Å². The summed E-state index contributed by atoms with van der Waals surface area (Å²) in [5.41, 5.74) is 1.86. The van der Waals surface area contributed by atoms with Crippen LogP contribution in [0.25, 0.3) is 11.5 Å². The summed E-state index contributed by atoms with van der Waals surface area (Å²) in [6.45, 7) is 2.04. The van der Waals surface area contributed by atoms with E-state index >= 15 is 0 Å². The summed E-state index contributed by atoms with van der Waals surface area (Å²) < 4.78 is 3.54. The lowest BCUT2D eigenvalue weighted by Gasteiger charge is -2.02. The first-order valence-electron chi connectivity index (χ1n) is 5.80. The second-order valence-corrected chi connectivity index (χ2v) is 4.99. The highest BCUT2D eigenvalue weighted by atomic mass is 32.2. The number of nitrogens with zero attached hydrogens (tertiary/aromatic N) is 5. The Bertz CT molecular complexity index is 604. The molecule has 19 heavy (non-hydrogen) atoms. The molecule has 2 heterocycles. The number of hydrogen-bond donors (Lipinski definition) is 1. The van der Waals surface area contributed by atoms with Gasteiger partial charge in [-0.15, -0.1) is 10.2 Å². The van der Waals surface area contributed by atoms with Crippen molar-refractivity contribution in [2.45, 2.75) is 18.5 Å². The van der Waals surface area contributed by atoms with Crippen LogP contribution in [0.15, 0.2) is 11.2 Å². The van der Waals surface area contributed by atoms with E-state index in [1.807, 2.05) is 27.1 Å². The van der Waals surface area contributed by atoms with E-state index in [-0.39, 0.29) is 5.75 Å². The Balaban J connectivity index is 2.30. The van der Waals surface area contributed by atoms with E-state index in [1.165, 1.54) is 0 Å². The molecule has 2 aromatic rings. The number of aromatic nitrogens is 5. The zero-order chi connectivity index (χ0) is 14.0. The summed E-state index contributed by atoms with van der Waals surface area (Å²) in [5, 5.41) is 21.7. The van der Waals surface area contributed by atoms with Gasteiger partial charge in [-0.1, -0.05) is 18.7 Å². The van der Waals surface area contributed by atoms with Crippen molar-refractivity contribution >= 4 is 17.7 Å².